The van der Waals surface area contributed by atoms with Crippen LogP contribution in [-0.2, 0) is 23.9 Å². The SMILES string of the molecule is CCOC(=O)[C@@H](CCCCCN1C(=O)c2ccccc2C1=O)N[C@H]1COc2ccccc2N(CC(=O)OC(C)(C)C)C1=O. The van der Waals surface area contributed by atoms with E-state index in [0.29, 0.717) is 48.2 Å². The van der Waals surface area contributed by atoms with Crippen LogP contribution in [0.25, 0.3) is 0 Å². The zero-order valence-electron chi connectivity index (χ0n) is 25.1. The predicted octanol–water partition coefficient (Wildman–Crippen LogP) is 3.50. The summed E-state index contributed by atoms with van der Waals surface area (Å²) in [4.78, 5) is 67.2. The maximum atomic E-state index is 13.8. The Kier molecular flexibility index (Phi) is 10.2. The number of para-hydroxylation sites is 2. The number of carbonyl (C=O) groups excluding carboxylic acids is 5. The van der Waals surface area contributed by atoms with E-state index in [2.05, 4.69) is 5.32 Å². The molecule has 2 aromatic carbocycles. The van der Waals surface area contributed by atoms with Crippen LogP contribution in [0.2, 0.25) is 0 Å². The number of amides is 3. The smallest absolute Gasteiger partial charge is 0.326 e. The number of unbranched alkanes of at least 4 members (excludes halogenated alkanes) is 2. The summed E-state index contributed by atoms with van der Waals surface area (Å²) < 4.78 is 16.7. The molecule has 0 unspecified atom stereocenters. The molecule has 0 aromatic heterocycles. The van der Waals surface area contributed by atoms with E-state index in [1.165, 1.54) is 9.80 Å². The average molecular weight is 594 g/mol. The Balaban J connectivity index is 1.39. The highest BCUT2D eigenvalue weighted by Gasteiger charge is 2.37. The van der Waals surface area contributed by atoms with Gasteiger partial charge >= 0.3 is 11.9 Å². The number of hydrogen-bond donors (Lipinski definition) is 1. The van der Waals surface area contributed by atoms with Gasteiger partial charge in [0, 0.05) is 6.54 Å². The van der Waals surface area contributed by atoms with E-state index in [-0.39, 0.29) is 38.1 Å². The molecule has 0 bridgehead atoms. The lowest BCUT2D eigenvalue weighted by molar-refractivity contribution is -0.154. The molecule has 230 valence electrons. The summed E-state index contributed by atoms with van der Waals surface area (Å²) in [5.74, 6) is -1.67. The largest absolute Gasteiger partial charge is 0.489 e. The molecule has 0 saturated heterocycles. The van der Waals surface area contributed by atoms with Crippen molar-refractivity contribution >= 4 is 35.3 Å². The molecule has 43 heavy (non-hydrogen) atoms. The van der Waals surface area contributed by atoms with Gasteiger partial charge < -0.3 is 14.2 Å². The summed E-state index contributed by atoms with van der Waals surface area (Å²) in [6, 6.07) is 11.9. The Hall–Kier alpha value is -4.25. The molecule has 3 amide bonds. The monoisotopic (exact) mass is 593 g/mol. The molecule has 11 nitrogen and oxygen atoms in total. The van der Waals surface area contributed by atoms with Crippen molar-refractivity contribution in [1.82, 2.24) is 10.2 Å². The number of anilines is 1. The van der Waals surface area contributed by atoms with Crippen LogP contribution in [0.1, 0.15) is 74.1 Å². The topological polar surface area (TPSA) is 132 Å². The number of carbonyl (C=O) groups is 5. The first kappa shape index (κ1) is 31.7. The van der Waals surface area contributed by atoms with E-state index in [1.807, 2.05) is 0 Å². The van der Waals surface area contributed by atoms with Crippen molar-refractivity contribution in [3.63, 3.8) is 0 Å². The molecule has 2 heterocycles. The highest BCUT2D eigenvalue weighted by molar-refractivity contribution is 6.21. The molecular weight excluding hydrogens is 554 g/mol. The van der Waals surface area contributed by atoms with E-state index in [4.69, 9.17) is 14.2 Å². The van der Waals surface area contributed by atoms with E-state index < -0.39 is 35.5 Å². The first-order valence-electron chi connectivity index (χ1n) is 14.6. The van der Waals surface area contributed by atoms with Gasteiger partial charge in [-0.05, 0) is 64.8 Å². The number of hydrogen-bond acceptors (Lipinski definition) is 9. The minimum absolute atomic E-state index is 0.0592. The second-order valence-corrected chi connectivity index (χ2v) is 11.5. The third-order valence-electron chi connectivity index (χ3n) is 7.06. The van der Waals surface area contributed by atoms with Crippen molar-refractivity contribution in [2.45, 2.75) is 71.1 Å². The zero-order valence-corrected chi connectivity index (χ0v) is 25.1. The van der Waals surface area contributed by atoms with Crippen molar-refractivity contribution in [2.75, 3.05) is 31.2 Å². The summed E-state index contributed by atoms with van der Waals surface area (Å²) >= 11 is 0. The Morgan fingerprint density at radius 1 is 0.953 bits per heavy atom. The van der Waals surface area contributed by atoms with Crippen molar-refractivity contribution in [3.05, 3.63) is 59.7 Å². The van der Waals surface area contributed by atoms with Gasteiger partial charge in [-0.3, -0.25) is 39.1 Å². The lowest BCUT2D eigenvalue weighted by atomic mass is 10.1. The molecule has 0 spiro atoms. The molecule has 0 saturated carbocycles. The van der Waals surface area contributed by atoms with Gasteiger partial charge in [0.1, 0.15) is 36.6 Å². The van der Waals surface area contributed by atoms with E-state index >= 15 is 0 Å². The van der Waals surface area contributed by atoms with Crippen molar-refractivity contribution < 1.29 is 38.2 Å². The van der Waals surface area contributed by atoms with Crippen LogP contribution in [0.15, 0.2) is 48.5 Å². The van der Waals surface area contributed by atoms with E-state index in [9.17, 15) is 24.0 Å². The minimum atomic E-state index is -0.942. The number of rotatable bonds is 12. The fourth-order valence-corrected chi connectivity index (χ4v) is 5.13. The third kappa shape index (κ3) is 7.78. The minimum Gasteiger partial charge on any atom is -0.489 e. The van der Waals surface area contributed by atoms with Gasteiger partial charge in [-0.15, -0.1) is 0 Å². The Labute approximate surface area is 251 Å². The average Bonchev–Trinajstić information content (AvgIpc) is 3.12. The fraction of sp³-hybridized carbons (Fsp3) is 0.469. The lowest BCUT2D eigenvalue weighted by Crippen LogP contribution is -2.55. The molecule has 1 N–H and O–H groups in total. The second kappa shape index (κ2) is 13.8. The molecule has 0 aliphatic carbocycles. The first-order chi connectivity index (χ1) is 20.5. The first-order valence-corrected chi connectivity index (χ1v) is 14.6. The molecule has 0 radical (unpaired) electrons. The van der Waals surface area contributed by atoms with Crippen molar-refractivity contribution in [3.8, 4) is 5.75 Å². The van der Waals surface area contributed by atoms with Crippen LogP contribution in [0.3, 0.4) is 0 Å². The van der Waals surface area contributed by atoms with Gasteiger partial charge in [-0.25, -0.2) is 0 Å². The summed E-state index contributed by atoms with van der Waals surface area (Å²) in [6.45, 7) is 7.02. The van der Waals surface area contributed by atoms with Crippen LogP contribution < -0.4 is 15.0 Å². The number of imide groups is 1. The van der Waals surface area contributed by atoms with Crippen molar-refractivity contribution in [1.29, 1.82) is 0 Å². The normalized spacial score (nSPS) is 17.1. The molecule has 2 aromatic rings. The summed E-state index contributed by atoms with van der Waals surface area (Å²) in [6.07, 6.45) is 2.12. The van der Waals surface area contributed by atoms with Crippen LogP contribution in [0.4, 0.5) is 5.69 Å². The van der Waals surface area contributed by atoms with E-state index in [0.717, 1.165) is 0 Å². The maximum Gasteiger partial charge on any atom is 0.326 e. The molecule has 4 rings (SSSR count). The van der Waals surface area contributed by atoms with Crippen LogP contribution >= 0.6 is 0 Å². The molecule has 2 aliphatic rings. The fourth-order valence-electron chi connectivity index (χ4n) is 5.13. The molecule has 2 atom stereocenters. The quantitative estimate of drug-likeness (QED) is 0.223. The lowest BCUT2D eigenvalue weighted by Gasteiger charge is -2.28. The zero-order chi connectivity index (χ0) is 31.1. The van der Waals surface area contributed by atoms with Gasteiger partial charge in [-0.2, -0.15) is 0 Å². The summed E-state index contributed by atoms with van der Waals surface area (Å²) in [7, 11) is 0. The Bertz CT molecular complexity index is 1330. The van der Waals surface area contributed by atoms with E-state index in [1.54, 1.807) is 76.2 Å². The van der Waals surface area contributed by atoms with Crippen LogP contribution in [0.5, 0.6) is 5.75 Å². The Morgan fingerprint density at radius 3 is 2.26 bits per heavy atom. The van der Waals surface area contributed by atoms with Gasteiger partial charge in [0.2, 0.25) is 5.91 Å². The van der Waals surface area contributed by atoms with Gasteiger partial charge in [0.15, 0.2) is 0 Å². The number of nitrogens with one attached hydrogen (secondary N) is 1. The number of nitrogens with zero attached hydrogens (tertiary/aromatic N) is 2. The number of benzene rings is 2. The summed E-state index contributed by atoms with van der Waals surface area (Å²) in [5, 5.41) is 3.11. The maximum absolute atomic E-state index is 13.8. The third-order valence-corrected chi connectivity index (χ3v) is 7.06. The summed E-state index contributed by atoms with van der Waals surface area (Å²) in [5.41, 5.74) is 0.534. The van der Waals surface area contributed by atoms with Crippen molar-refractivity contribution in [2.24, 2.45) is 0 Å². The highest BCUT2D eigenvalue weighted by atomic mass is 16.6. The molecule has 0 fully saturated rings. The second-order valence-electron chi connectivity index (χ2n) is 11.5. The van der Waals surface area contributed by atoms with Crippen LogP contribution in [-0.4, -0.2) is 78.5 Å². The number of esters is 2. The molecule has 2 aliphatic heterocycles. The van der Waals surface area contributed by atoms with Gasteiger partial charge in [0.25, 0.3) is 11.8 Å². The predicted molar refractivity (Wildman–Crippen MR) is 158 cm³/mol. The van der Waals surface area contributed by atoms with Gasteiger partial charge in [0.05, 0.1) is 23.4 Å². The molecular formula is C32H39N3O8. The molecule has 11 heteroatoms. The number of fused-ring (bicyclic) bond motifs is 2. The van der Waals surface area contributed by atoms with Gasteiger partial charge in [-0.1, -0.05) is 37.1 Å². The highest BCUT2D eigenvalue weighted by Crippen LogP contribution is 2.31. The van der Waals surface area contributed by atoms with Crippen LogP contribution in [0, 0.1) is 0 Å². The Morgan fingerprint density at radius 2 is 1.60 bits per heavy atom. The number of ether oxygens (including phenoxy) is 3. The standard InChI is InChI=1S/C32H39N3O8/c1-5-41-31(40)23(15-7-6-12-18-34-28(37)21-13-8-9-14-22(21)29(34)38)33-24-20-42-26-17-11-10-16-25(26)35(30(24)39)19-27(36)43-32(2,3)4/h8-11,13-14,16-17,23-24,33H,5-7,12,15,18-20H2,1-4H3/t23-,24+/m1/s1.